The highest BCUT2D eigenvalue weighted by molar-refractivity contribution is 5.12. The minimum absolute atomic E-state index is 1.06. The van der Waals surface area contributed by atoms with Crippen LogP contribution in [0.4, 0.5) is 0 Å². The fraction of sp³-hybridized carbons (Fsp3) is 0.786. The lowest BCUT2D eigenvalue weighted by molar-refractivity contribution is 0.645. The SMILES string of the molecule is CC.CCCCCCc1c(CC)ncn1C. The van der Waals surface area contributed by atoms with E-state index in [1.807, 2.05) is 20.2 Å². The molecular weight excluding hydrogens is 196 g/mol. The standard InChI is InChI=1S/C12H22N2.C2H6/c1-4-6-7-8-9-12-11(5-2)13-10-14(12)3;1-2/h10H,4-9H2,1-3H3;1-2H3. The fourth-order valence-electron chi connectivity index (χ4n) is 1.84. The van der Waals surface area contributed by atoms with E-state index >= 15 is 0 Å². The van der Waals surface area contributed by atoms with E-state index in [-0.39, 0.29) is 0 Å². The third-order valence-corrected chi connectivity index (χ3v) is 2.75. The zero-order chi connectivity index (χ0) is 12.4. The van der Waals surface area contributed by atoms with Gasteiger partial charge in [0, 0.05) is 12.7 Å². The van der Waals surface area contributed by atoms with Crippen molar-refractivity contribution in [3.8, 4) is 0 Å². The Labute approximate surface area is 101 Å². The van der Waals surface area contributed by atoms with Gasteiger partial charge in [-0.15, -0.1) is 0 Å². The molecule has 0 fully saturated rings. The van der Waals surface area contributed by atoms with Gasteiger partial charge in [0.2, 0.25) is 0 Å². The lowest BCUT2D eigenvalue weighted by atomic mass is 10.1. The number of aryl methyl sites for hydroxylation is 2. The highest BCUT2D eigenvalue weighted by Crippen LogP contribution is 2.12. The van der Waals surface area contributed by atoms with Crippen LogP contribution in [0.1, 0.15) is 64.8 Å². The third kappa shape index (κ3) is 4.82. The summed E-state index contributed by atoms with van der Waals surface area (Å²) in [6.07, 6.45) is 9.52. The lowest BCUT2D eigenvalue weighted by Gasteiger charge is -2.04. The van der Waals surface area contributed by atoms with E-state index < -0.39 is 0 Å². The molecule has 94 valence electrons. The molecule has 0 spiro atoms. The summed E-state index contributed by atoms with van der Waals surface area (Å²) in [5, 5.41) is 0. The van der Waals surface area contributed by atoms with Gasteiger partial charge in [0.15, 0.2) is 0 Å². The van der Waals surface area contributed by atoms with E-state index in [1.54, 1.807) is 0 Å². The zero-order valence-electron chi connectivity index (χ0n) is 11.7. The van der Waals surface area contributed by atoms with Gasteiger partial charge in [-0.2, -0.15) is 0 Å². The van der Waals surface area contributed by atoms with Crippen molar-refractivity contribution in [2.75, 3.05) is 0 Å². The summed E-state index contributed by atoms with van der Waals surface area (Å²) in [5.41, 5.74) is 2.72. The Kier molecular flexibility index (Phi) is 8.97. The summed E-state index contributed by atoms with van der Waals surface area (Å²) in [4.78, 5) is 4.40. The largest absolute Gasteiger partial charge is 0.337 e. The molecule has 1 aromatic heterocycles. The lowest BCUT2D eigenvalue weighted by Crippen LogP contribution is -1.98. The van der Waals surface area contributed by atoms with Gasteiger partial charge in [-0.3, -0.25) is 0 Å². The van der Waals surface area contributed by atoms with Gasteiger partial charge < -0.3 is 4.57 Å². The van der Waals surface area contributed by atoms with Crippen LogP contribution in [0.5, 0.6) is 0 Å². The van der Waals surface area contributed by atoms with Crippen molar-refractivity contribution < 1.29 is 0 Å². The molecule has 16 heavy (non-hydrogen) atoms. The Morgan fingerprint density at radius 2 is 1.81 bits per heavy atom. The Bertz CT molecular complexity index is 264. The molecule has 1 aromatic rings. The maximum absolute atomic E-state index is 4.40. The van der Waals surface area contributed by atoms with E-state index in [1.165, 1.54) is 43.5 Å². The molecule has 0 aliphatic carbocycles. The molecule has 0 bridgehead atoms. The number of rotatable bonds is 6. The van der Waals surface area contributed by atoms with Gasteiger partial charge in [0.1, 0.15) is 0 Å². The van der Waals surface area contributed by atoms with E-state index in [0.717, 1.165) is 6.42 Å². The maximum atomic E-state index is 4.40. The molecule has 0 saturated carbocycles. The summed E-state index contributed by atoms with van der Waals surface area (Å²) in [6.45, 7) is 8.43. The molecular formula is C14H28N2. The molecule has 0 atom stereocenters. The highest BCUT2D eigenvalue weighted by Gasteiger charge is 2.05. The Balaban J connectivity index is 0.00000106. The molecule has 2 heteroatoms. The molecule has 1 rings (SSSR count). The summed E-state index contributed by atoms with van der Waals surface area (Å²) in [7, 11) is 2.10. The first-order chi connectivity index (χ1) is 7.79. The van der Waals surface area contributed by atoms with Crippen LogP contribution in [0.15, 0.2) is 6.33 Å². The zero-order valence-corrected chi connectivity index (χ0v) is 11.7. The summed E-state index contributed by atoms with van der Waals surface area (Å²) < 4.78 is 2.17. The first-order valence-corrected chi connectivity index (χ1v) is 6.78. The summed E-state index contributed by atoms with van der Waals surface area (Å²) >= 11 is 0. The molecule has 0 unspecified atom stereocenters. The second kappa shape index (κ2) is 9.44. The fourth-order valence-corrected chi connectivity index (χ4v) is 1.84. The number of hydrogen-bond donors (Lipinski definition) is 0. The van der Waals surface area contributed by atoms with Crippen LogP contribution < -0.4 is 0 Å². The predicted molar refractivity (Wildman–Crippen MR) is 71.8 cm³/mol. The van der Waals surface area contributed by atoms with Crippen LogP contribution in [0, 0.1) is 0 Å². The van der Waals surface area contributed by atoms with Crippen molar-refractivity contribution in [3.05, 3.63) is 17.7 Å². The monoisotopic (exact) mass is 224 g/mol. The van der Waals surface area contributed by atoms with Gasteiger partial charge in [-0.1, -0.05) is 47.0 Å². The van der Waals surface area contributed by atoms with E-state index in [0.29, 0.717) is 0 Å². The Morgan fingerprint density at radius 3 is 2.38 bits per heavy atom. The number of aromatic nitrogens is 2. The van der Waals surface area contributed by atoms with E-state index in [9.17, 15) is 0 Å². The van der Waals surface area contributed by atoms with Gasteiger partial charge >= 0.3 is 0 Å². The molecule has 0 N–H and O–H groups in total. The van der Waals surface area contributed by atoms with E-state index in [2.05, 4.69) is 30.4 Å². The first kappa shape index (κ1) is 15.2. The maximum Gasteiger partial charge on any atom is 0.0949 e. The van der Waals surface area contributed by atoms with Crippen molar-refractivity contribution in [2.45, 2.75) is 66.2 Å². The molecule has 0 aliphatic rings. The second-order valence-electron chi connectivity index (χ2n) is 3.91. The van der Waals surface area contributed by atoms with Crippen molar-refractivity contribution >= 4 is 0 Å². The number of unbranched alkanes of at least 4 members (excludes halogenated alkanes) is 3. The quantitative estimate of drug-likeness (QED) is 0.664. The Hall–Kier alpha value is -0.790. The van der Waals surface area contributed by atoms with Crippen LogP contribution in [0.25, 0.3) is 0 Å². The molecule has 0 saturated heterocycles. The topological polar surface area (TPSA) is 17.8 Å². The summed E-state index contributed by atoms with van der Waals surface area (Å²) in [5.74, 6) is 0. The van der Waals surface area contributed by atoms with Crippen LogP contribution in [0.3, 0.4) is 0 Å². The molecule has 0 aromatic carbocycles. The van der Waals surface area contributed by atoms with Crippen molar-refractivity contribution in [1.82, 2.24) is 9.55 Å². The average molecular weight is 224 g/mol. The normalized spacial score (nSPS) is 9.81. The van der Waals surface area contributed by atoms with Crippen LogP contribution in [-0.4, -0.2) is 9.55 Å². The van der Waals surface area contributed by atoms with Crippen LogP contribution in [-0.2, 0) is 19.9 Å². The smallest absolute Gasteiger partial charge is 0.0949 e. The number of hydrogen-bond acceptors (Lipinski definition) is 1. The molecule has 1 heterocycles. The van der Waals surface area contributed by atoms with Crippen molar-refractivity contribution in [2.24, 2.45) is 7.05 Å². The molecule has 2 nitrogen and oxygen atoms in total. The minimum atomic E-state index is 1.06. The minimum Gasteiger partial charge on any atom is -0.337 e. The van der Waals surface area contributed by atoms with Gasteiger partial charge in [-0.05, 0) is 19.3 Å². The summed E-state index contributed by atoms with van der Waals surface area (Å²) in [6, 6.07) is 0. The van der Waals surface area contributed by atoms with Gasteiger partial charge in [0.05, 0.1) is 12.0 Å². The van der Waals surface area contributed by atoms with Crippen LogP contribution in [0.2, 0.25) is 0 Å². The average Bonchev–Trinajstić information content (AvgIpc) is 2.68. The van der Waals surface area contributed by atoms with Crippen molar-refractivity contribution in [3.63, 3.8) is 0 Å². The Morgan fingerprint density at radius 1 is 1.12 bits per heavy atom. The third-order valence-electron chi connectivity index (χ3n) is 2.75. The van der Waals surface area contributed by atoms with Gasteiger partial charge in [-0.25, -0.2) is 4.98 Å². The van der Waals surface area contributed by atoms with Crippen LogP contribution >= 0.6 is 0 Å². The predicted octanol–water partition coefficient (Wildman–Crippen LogP) is 4.13. The van der Waals surface area contributed by atoms with Gasteiger partial charge in [0.25, 0.3) is 0 Å². The molecule has 0 radical (unpaired) electrons. The number of imidazole rings is 1. The molecule has 0 aliphatic heterocycles. The number of nitrogens with zero attached hydrogens (tertiary/aromatic N) is 2. The van der Waals surface area contributed by atoms with Crippen molar-refractivity contribution in [1.29, 1.82) is 0 Å². The van der Waals surface area contributed by atoms with E-state index in [4.69, 9.17) is 0 Å². The second-order valence-corrected chi connectivity index (χ2v) is 3.91. The first-order valence-electron chi connectivity index (χ1n) is 6.78. The molecule has 0 amide bonds. The highest BCUT2D eigenvalue weighted by atomic mass is 15.0.